The second-order valence-corrected chi connectivity index (χ2v) is 3.27. The van der Waals surface area contributed by atoms with Gasteiger partial charge in [0.2, 0.25) is 0 Å². The monoisotopic (exact) mass is 269 g/mol. The van der Waals surface area contributed by atoms with E-state index in [0.717, 1.165) is 12.1 Å². The van der Waals surface area contributed by atoms with Crippen LogP contribution in [0, 0.1) is 17.1 Å². The number of rotatable bonds is 3. The van der Waals surface area contributed by atoms with Crippen molar-refractivity contribution < 1.29 is 14.0 Å². The Morgan fingerprint density at radius 3 is 2.73 bits per heavy atom. The van der Waals surface area contributed by atoms with Crippen LogP contribution in [0.3, 0.4) is 0 Å². The number of halogens is 2. The maximum Gasteiger partial charge on any atom is 0.173 e. The molecule has 0 aliphatic carbocycles. The van der Waals surface area contributed by atoms with Crippen LogP contribution in [0.2, 0.25) is 0 Å². The van der Waals surface area contributed by atoms with Gasteiger partial charge in [-0.1, -0.05) is 15.9 Å². The molecule has 15 heavy (non-hydrogen) atoms. The molecule has 0 amide bonds. The predicted octanol–water partition coefficient (Wildman–Crippen LogP) is 2.09. The van der Waals surface area contributed by atoms with Crippen LogP contribution in [0.4, 0.5) is 4.39 Å². The van der Waals surface area contributed by atoms with Crippen molar-refractivity contribution in [1.29, 1.82) is 5.26 Å². The van der Waals surface area contributed by atoms with Gasteiger partial charge >= 0.3 is 0 Å². The number of carbonyl (C=O) groups is 2. The normalized spacial score (nSPS) is 9.40. The Kier molecular flexibility index (Phi) is 3.69. The van der Waals surface area contributed by atoms with Crippen molar-refractivity contribution in [3.8, 4) is 6.07 Å². The molecule has 0 saturated heterocycles. The molecule has 76 valence electrons. The number of Topliss-reactive ketones (excluding diaryl/α,β-unsaturated/α-hetero) is 1. The number of hydrogen-bond donors (Lipinski definition) is 0. The van der Waals surface area contributed by atoms with E-state index in [1.807, 2.05) is 0 Å². The zero-order chi connectivity index (χ0) is 11.4. The van der Waals surface area contributed by atoms with Gasteiger partial charge in [-0.2, -0.15) is 5.26 Å². The summed E-state index contributed by atoms with van der Waals surface area (Å²) >= 11 is 2.95. The Morgan fingerprint density at radius 2 is 2.27 bits per heavy atom. The zero-order valence-corrected chi connectivity index (χ0v) is 9.04. The predicted molar refractivity (Wildman–Crippen MR) is 54.6 cm³/mol. The van der Waals surface area contributed by atoms with Gasteiger partial charge in [0.15, 0.2) is 17.9 Å². The van der Waals surface area contributed by atoms with Gasteiger partial charge in [-0.15, -0.1) is 0 Å². The van der Waals surface area contributed by atoms with Crippen molar-refractivity contribution in [3.05, 3.63) is 34.6 Å². The van der Waals surface area contributed by atoms with Gasteiger partial charge in [0.05, 0.1) is 16.5 Å². The highest BCUT2D eigenvalue weighted by atomic mass is 79.9. The van der Waals surface area contributed by atoms with Crippen molar-refractivity contribution in [2.45, 2.75) is 0 Å². The molecule has 5 heteroatoms. The Balaban J connectivity index is 3.41. The zero-order valence-electron chi connectivity index (χ0n) is 7.46. The molecular weight excluding hydrogens is 265 g/mol. The van der Waals surface area contributed by atoms with E-state index in [2.05, 4.69) is 15.9 Å². The highest BCUT2D eigenvalue weighted by Gasteiger charge is 2.13. The number of carbonyl (C=O) groups excluding carboxylic acids is 2. The van der Waals surface area contributed by atoms with Crippen LogP contribution in [0.1, 0.15) is 26.3 Å². The van der Waals surface area contributed by atoms with E-state index in [4.69, 9.17) is 5.26 Å². The van der Waals surface area contributed by atoms with Crippen molar-refractivity contribution >= 4 is 28.0 Å². The van der Waals surface area contributed by atoms with Gasteiger partial charge in [-0.3, -0.25) is 9.59 Å². The minimum atomic E-state index is -0.890. The quantitative estimate of drug-likeness (QED) is 0.480. The highest BCUT2D eigenvalue weighted by molar-refractivity contribution is 9.09. The Hall–Kier alpha value is -1.54. The van der Waals surface area contributed by atoms with Crippen molar-refractivity contribution in [2.24, 2.45) is 0 Å². The summed E-state index contributed by atoms with van der Waals surface area (Å²) in [6.07, 6.45) is 0.279. The molecule has 0 spiro atoms. The number of hydrogen-bond acceptors (Lipinski definition) is 3. The van der Waals surface area contributed by atoms with E-state index in [1.54, 1.807) is 6.07 Å². The van der Waals surface area contributed by atoms with E-state index in [-0.39, 0.29) is 34.1 Å². The molecule has 0 N–H and O–H groups in total. The second kappa shape index (κ2) is 4.80. The van der Waals surface area contributed by atoms with Crippen LogP contribution >= 0.6 is 15.9 Å². The van der Waals surface area contributed by atoms with Gasteiger partial charge in [-0.25, -0.2) is 4.39 Å². The number of nitriles is 1. The van der Waals surface area contributed by atoms with Crippen LogP contribution < -0.4 is 0 Å². The SMILES string of the molecule is N#Cc1cc(C(=O)CBr)cc(C=O)c1F. The summed E-state index contributed by atoms with van der Waals surface area (Å²) in [6, 6.07) is 3.85. The van der Waals surface area contributed by atoms with Crippen LogP contribution in [-0.4, -0.2) is 17.4 Å². The number of ketones is 1. The van der Waals surface area contributed by atoms with Crippen LogP contribution in [0.5, 0.6) is 0 Å². The molecule has 0 unspecified atom stereocenters. The number of alkyl halides is 1. The molecule has 0 aliphatic rings. The van der Waals surface area contributed by atoms with Crippen molar-refractivity contribution in [3.63, 3.8) is 0 Å². The van der Waals surface area contributed by atoms with Crippen LogP contribution in [-0.2, 0) is 0 Å². The van der Waals surface area contributed by atoms with E-state index in [1.165, 1.54) is 0 Å². The molecule has 1 aromatic rings. The third-order valence-electron chi connectivity index (χ3n) is 1.79. The third-order valence-corrected chi connectivity index (χ3v) is 2.30. The Bertz CT molecular complexity index is 465. The smallest absolute Gasteiger partial charge is 0.173 e. The summed E-state index contributed by atoms with van der Waals surface area (Å²) in [5.74, 6) is -1.20. The van der Waals surface area contributed by atoms with Crippen LogP contribution in [0.25, 0.3) is 0 Å². The largest absolute Gasteiger partial charge is 0.298 e. The molecule has 1 rings (SSSR count). The minimum Gasteiger partial charge on any atom is -0.298 e. The van der Waals surface area contributed by atoms with Crippen LogP contribution in [0.15, 0.2) is 12.1 Å². The summed E-state index contributed by atoms with van der Waals surface area (Å²) in [4.78, 5) is 21.8. The average molecular weight is 270 g/mol. The maximum absolute atomic E-state index is 13.2. The maximum atomic E-state index is 13.2. The van der Waals surface area contributed by atoms with Crippen molar-refractivity contribution in [2.75, 3.05) is 5.33 Å². The first kappa shape index (κ1) is 11.5. The number of benzene rings is 1. The topological polar surface area (TPSA) is 57.9 Å². The molecule has 0 heterocycles. The fourth-order valence-electron chi connectivity index (χ4n) is 1.05. The standard InChI is InChI=1S/C10H5BrFNO2/c11-3-9(15)6-1-7(4-13)10(12)8(2-6)5-14/h1-2,5H,3H2. The number of nitrogens with zero attached hydrogens (tertiary/aromatic N) is 1. The minimum absolute atomic E-state index is 0.0573. The first-order chi connectivity index (χ1) is 7.13. The van der Waals surface area contributed by atoms with E-state index in [0.29, 0.717) is 0 Å². The fourth-order valence-corrected chi connectivity index (χ4v) is 1.38. The van der Waals surface area contributed by atoms with Gasteiger partial charge in [0.1, 0.15) is 6.07 Å². The van der Waals surface area contributed by atoms with Crippen molar-refractivity contribution in [1.82, 2.24) is 0 Å². The van der Waals surface area contributed by atoms with E-state index < -0.39 is 5.82 Å². The lowest BCUT2D eigenvalue weighted by Crippen LogP contribution is -2.04. The number of aldehydes is 1. The van der Waals surface area contributed by atoms with Gasteiger partial charge in [-0.05, 0) is 12.1 Å². The summed E-state index contributed by atoms with van der Waals surface area (Å²) < 4.78 is 13.2. The molecule has 0 radical (unpaired) electrons. The van der Waals surface area contributed by atoms with Gasteiger partial charge in [0.25, 0.3) is 0 Å². The summed E-state index contributed by atoms with van der Waals surface area (Å²) in [5.41, 5.74) is -0.436. The first-order valence-electron chi connectivity index (χ1n) is 3.92. The summed E-state index contributed by atoms with van der Waals surface area (Å²) in [5, 5.41) is 8.65. The molecular formula is C10H5BrFNO2. The lowest BCUT2D eigenvalue weighted by molar-refractivity contribution is 0.102. The summed E-state index contributed by atoms with van der Waals surface area (Å²) in [6.45, 7) is 0. The molecule has 0 atom stereocenters. The molecule has 0 aromatic heterocycles. The average Bonchev–Trinajstić information content (AvgIpc) is 2.28. The van der Waals surface area contributed by atoms with E-state index >= 15 is 0 Å². The molecule has 0 aliphatic heterocycles. The third kappa shape index (κ3) is 2.28. The van der Waals surface area contributed by atoms with Gasteiger partial charge in [0, 0.05) is 5.56 Å². The Morgan fingerprint density at radius 1 is 1.60 bits per heavy atom. The molecule has 0 fully saturated rings. The first-order valence-corrected chi connectivity index (χ1v) is 5.04. The van der Waals surface area contributed by atoms with E-state index in [9.17, 15) is 14.0 Å². The second-order valence-electron chi connectivity index (χ2n) is 2.71. The molecule has 1 aromatic carbocycles. The Labute approximate surface area is 93.6 Å². The molecule has 0 bridgehead atoms. The molecule has 0 saturated carbocycles. The highest BCUT2D eigenvalue weighted by Crippen LogP contribution is 2.15. The lowest BCUT2D eigenvalue weighted by atomic mass is 10.0. The molecule has 3 nitrogen and oxygen atoms in total. The van der Waals surface area contributed by atoms with Gasteiger partial charge < -0.3 is 0 Å². The fraction of sp³-hybridized carbons (Fsp3) is 0.100. The lowest BCUT2D eigenvalue weighted by Gasteiger charge is -2.01. The summed E-state index contributed by atoms with van der Waals surface area (Å²) in [7, 11) is 0.